The minimum Gasteiger partial charge on any atom is -0.382 e. The fraction of sp³-hybridized carbons (Fsp3) is 0.533. The van der Waals surface area contributed by atoms with Crippen LogP contribution < -0.4 is 10.6 Å². The van der Waals surface area contributed by atoms with Crippen LogP contribution in [0.3, 0.4) is 0 Å². The molecule has 1 aliphatic rings. The third kappa shape index (κ3) is 4.03. The van der Waals surface area contributed by atoms with E-state index in [2.05, 4.69) is 0 Å². The van der Waals surface area contributed by atoms with Gasteiger partial charge in [0.25, 0.3) is 5.91 Å². The number of ether oxygens (including phenoxy) is 2. The van der Waals surface area contributed by atoms with Crippen LogP contribution in [0, 0.1) is 0 Å². The monoisotopic (exact) mass is 278 g/mol. The van der Waals surface area contributed by atoms with Gasteiger partial charge in [-0.3, -0.25) is 4.79 Å². The van der Waals surface area contributed by atoms with Crippen LogP contribution in [0.15, 0.2) is 24.3 Å². The van der Waals surface area contributed by atoms with Gasteiger partial charge in [-0.2, -0.15) is 0 Å². The molecule has 110 valence electrons. The second kappa shape index (κ2) is 7.38. The zero-order valence-electron chi connectivity index (χ0n) is 11.9. The number of anilines is 1. The maximum atomic E-state index is 12.3. The molecular weight excluding hydrogens is 256 g/mol. The molecule has 1 fully saturated rings. The van der Waals surface area contributed by atoms with Gasteiger partial charge < -0.3 is 20.1 Å². The number of rotatable bonds is 8. The standard InChI is InChI=1S/C15H22N2O3/c1-19-8-9-20-11-15(18)17(14-6-7-14)13-4-2-12(10-16)3-5-13/h2-5,14H,6-11,16H2,1H3. The lowest BCUT2D eigenvalue weighted by Crippen LogP contribution is -2.36. The number of nitrogens with zero attached hydrogens (tertiary/aromatic N) is 1. The summed E-state index contributed by atoms with van der Waals surface area (Å²) < 4.78 is 10.2. The van der Waals surface area contributed by atoms with Crippen LogP contribution in [0.2, 0.25) is 0 Å². The van der Waals surface area contributed by atoms with Crippen LogP contribution in [0.5, 0.6) is 0 Å². The highest BCUT2D eigenvalue weighted by atomic mass is 16.5. The fourth-order valence-corrected chi connectivity index (χ4v) is 2.06. The van der Waals surface area contributed by atoms with Gasteiger partial charge >= 0.3 is 0 Å². The number of carbonyl (C=O) groups is 1. The molecule has 1 aromatic carbocycles. The molecule has 5 heteroatoms. The molecule has 1 aromatic rings. The molecule has 0 saturated heterocycles. The molecule has 5 nitrogen and oxygen atoms in total. The summed E-state index contributed by atoms with van der Waals surface area (Å²) in [7, 11) is 1.61. The summed E-state index contributed by atoms with van der Waals surface area (Å²) in [6, 6.07) is 8.14. The average molecular weight is 278 g/mol. The Kier molecular flexibility index (Phi) is 5.52. The number of nitrogens with two attached hydrogens (primary N) is 1. The number of methoxy groups -OCH3 is 1. The Morgan fingerprint density at radius 1 is 1.30 bits per heavy atom. The summed E-state index contributed by atoms with van der Waals surface area (Å²) in [5.41, 5.74) is 7.57. The molecule has 1 aliphatic carbocycles. The normalized spacial score (nSPS) is 14.3. The second-order valence-corrected chi connectivity index (χ2v) is 4.91. The third-order valence-corrected chi connectivity index (χ3v) is 3.29. The van der Waals surface area contributed by atoms with Crippen molar-refractivity contribution in [3.8, 4) is 0 Å². The number of benzene rings is 1. The van der Waals surface area contributed by atoms with Crippen LogP contribution in [-0.2, 0) is 20.8 Å². The molecule has 0 atom stereocenters. The molecule has 1 amide bonds. The Morgan fingerprint density at radius 2 is 2.00 bits per heavy atom. The van der Waals surface area contributed by atoms with Crippen molar-refractivity contribution in [2.45, 2.75) is 25.4 Å². The topological polar surface area (TPSA) is 64.8 Å². The van der Waals surface area contributed by atoms with E-state index in [1.165, 1.54) is 0 Å². The van der Waals surface area contributed by atoms with Gasteiger partial charge in [-0.25, -0.2) is 0 Å². The maximum absolute atomic E-state index is 12.3. The van der Waals surface area contributed by atoms with Gasteiger partial charge in [0, 0.05) is 25.4 Å². The first-order valence-electron chi connectivity index (χ1n) is 6.94. The summed E-state index contributed by atoms with van der Waals surface area (Å²) in [5.74, 6) is 0.00380. The van der Waals surface area contributed by atoms with Crippen molar-refractivity contribution < 1.29 is 14.3 Å². The van der Waals surface area contributed by atoms with E-state index in [4.69, 9.17) is 15.2 Å². The molecule has 20 heavy (non-hydrogen) atoms. The Hall–Kier alpha value is -1.43. The van der Waals surface area contributed by atoms with E-state index in [0.29, 0.717) is 25.8 Å². The summed E-state index contributed by atoms with van der Waals surface area (Å²) >= 11 is 0. The molecule has 0 aromatic heterocycles. The van der Waals surface area contributed by atoms with Crippen molar-refractivity contribution >= 4 is 11.6 Å². The molecule has 2 rings (SSSR count). The second-order valence-electron chi connectivity index (χ2n) is 4.91. The van der Waals surface area contributed by atoms with E-state index >= 15 is 0 Å². The van der Waals surface area contributed by atoms with E-state index in [1.807, 2.05) is 29.2 Å². The first-order chi connectivity index (χ1) is 9.76. The van der Waals surface area contributed by atoms with Crippen LogP contribution >= 0.6 is 0 Å². The fourth-order valence-electron chi connectivity index (χ4n) is 2.06. The first-order valence-corrected chi connectivity index (χ1v) is 6.94. The van der Waals surface area contributed by atoms with Gasteiger partial charge in [0.15, 0.2) is 0 Å². The van der Waals surface area contributed by atoms with Gasteiger partial charge in [0.2, 0.25) is 0 Å². The molecule has 1 saturated carbocycles. The lowest BCUT2D eigenvalue weighted by molar-refractivity contribution is -0.123. The van der Waals surface area contributed by atoms with Crippen molar-refractivity contribution in [2.75, 3.05) is 31.8 Å². The van der Waals surface area contributed by atoms with Gasteiger partial charge in [-0.15, -0.1) is 0 Å². The molecule has 2 N–H and O–H groups in total. The van der Waals surface area contributed by atoms with E-state index < -0.39 is 0 Å². The van der Waals surface area contributed by atoms with Crippen LogP contribution in [0.25, 0.3) is 0 Å². The smallest absolute Gasteiger partial charge is 0.253 e. The number of hydrogen-bond acceptors (Lipinski definition) is 4. The molecule has 0 heterocycles. The largest absolute Gasteiger partial charge is 0.382 e. The summed E-state index contributed by atoms with van der Waals surface area (Å²) in [6.45, 7) is 1.55. The average Bonchev–Trinajstić information content (AvgIpc) is 3.29. The lowest BCUT2D eigenvalue weighted by atomic mass is 10.2. The van der Waals surface area contributed by atoms with Crippen LogP contribution in [0.1, 0.15) is 18.4 Å². The quantitative estimate of drug-likeness (QED) is 0.728. The van der Waals surface area contributed by atoms with E-state index in [0.717, 1.165) is 24.1 Å². The first kappa shape index (κ1) is 15.0. The van der Waals surface area contributed by atoms with Crippen molar-refractivity contribution in [3.05, 3.63) is 29.8 Å². The number of carbonyl (C=O) groups excluding carboxylic acids is 1. The third-order valence-electron chi connectivity index (χ3n) is 3.29. The zero-order chi connectivity index (χ0) is 14.4. The van der Waals surface area contributed by atoms with E-state index in [-0.39, 0.29) is 12.5 Å². The Balaban J connectivity index is 1.97. The lowest BCUT2D eigenvalue weighted by Gasteiger charge is -2.22. The van der Waals surface area contributed by atoms with Crippen LogP contribution in [-0.4, -0.2) is 38.9 Å². The Morgan fingerprint density at radius 3 is 2.55 bits per heavy atom. The van der Waals surface area contributed by atoms with Gasteiger partial charge in [-0.05, 0) is 30.5 Å². The summed E-state index contributed by atoms with van der Waals surface area (Å²) in [4.78, 5) is 14.1. The Bertz CT molecular complexity index is 429. The molecule has 0 aliphatic heterocycles. The number of hydrogen-bond donors (Lipinski definition) is 1. The van der Waals surface area contributed by atoms with Crippen molar-refractivity contribution in [1.29, 1.82) is 0 Å². The van der Waals surface area contributed by atoms with E-state index in [9.17, 15) is 4.79 Å². The summed E-state index contributed by atoms with van der Waals surface area (Å²) in [5, 5.41) is 0. The molecule has 0 spiro atoms. The highest BCUT2D eigenvalue weighted by molar-refractivity contribution is 5.95. The van der Waals surface area contributed by atoms with Gasteiger partial charge in [0.1, 0.15) is 6.61 Å². The Labute approximate surface area is 119 Å². The highest BCUT2D eigenvalue weighted by Crippen LogP contribution is 2.31. The van der Waals surface area contributed by atoms with E-state index in [1.54, 1.807) is 7.11 Å². The van der Waals surface area contributed by atoms with Gasteiger partial charge in [-0.1, -0.05) is 12.1 Å². The molecule has 0 unspecified atom stereocenters. The maximum Gasteiger partial charge on any atom is 0.253 e. The van der Waals surface area contributed by atoms with Crippen molar-refractivity contribution in [2.24, 2.45) is 5.73 Å². The minimum atomic E-state index is 0.00380. The zero-order valence-corrected chi connectivity index (χ0v) is 11.9. The molecule has 0 bridgehead atoms. The SMILES string of the molecule is COCCOCC(=O)N(c1ccc(CN)cc1)C1CC1. The minimum absolute atomic E-state index is 0.00380. The molecular formula is C15H22N2O3. The van der Waals surface area contributed by atoms with Crippen LogP contribution in [0.4, 0.5) is 5.69 Å². The van der Waals surface area contributed by atoms with Crippen molar-refractivity contribution in [3.63, 3.8) is 0 Å². The number of amides is 1. The van der Waals surface area contributed by atoms with Crippen molar-refractivity contribution in [1.82, 2.24) is 0 Å². The summed E-state index contributed by atoms with van der Waals surface area (Å²) in [6.07, 6.45) is 2.12. The highest BCUT2D eigenvalue weighted by Gasteiger charge is 2.33. The van der Waals surface area contributed by atoms with Gasteiger partial charge in [0.05, 0.1) is 13.2 Å². The molecule has 0 radical (unpaired) electrons. The predicted molar refractivity (Wildman–Crippen MR) is 77.5 cm³/mol. The predicted octanol–water partition coefficient (Wildman–Crippen LogP) is 1.30.